The molecule has 3 N–H and O–H groups in total. The Hall–Kier alpha value is -2.06. The molecule has 0 radical (unpaired) electrons. The Morgan fingerprint density at radius 3 is 1.86 bits per heavy atom. The number of benzene rings is 1. The molecule has 0 bridgehead atoms. The van der Waals surface area contributed by atoms with Crippen molar-refractivity contribution in [3.05, 3.63) is 64.7 Å². The maximum Gasteiger partial charge on any atom is 0.200 e. The fourth-order valence-electron chi connectivity index (χ4n) is 1.93. The Balaban J connectivity index is 2.48. The van der Waals surface area contributed by atoms with Crippen LogP contribution in [0.3, 0.4) is 0 Å². The van der Waals surface area contributed by atoms with E-state index in [9.17, 15) is 22.0 Å². The zero-order valence-electron chi connectivity index (χ0n) is 10.5. The zero-order valence-corrected chi connectivity index (χ0v) is 10.5. The topological polar surface area (TPSA) is 50.9 Å². The Morgan fingerprint density at radius 2 is 1.38 bits per heavy atom. The molecule has 1 aromatic carbocycles. The van der Waals surface area contributed by atoms with Crippen LogP contribution in [0.15, 0.2) is 24.5 Å². The van der Waals surface area contributed by atoms with Gasteiger partial charge in [-0.25, -0.2) is 22.0 Å². The summed E-state index contributed by atoms with van der Waals surface area (Å²) in [4.78, 5) is 3.76. The van der Waals surface area contributed by atoms with E-state index in [2.05, 4.69) is 10.4 Å². The Kier molecular flexibility index (Phi) is 4.49. The van der Waals surface area contributed by atoms with Crippen LogP contribution in [-0.4, -0.2) is 4.98 Å². The Morgan fingerprint density at radius 1 is 0.905 bits per heavy atom. The average molecular weight is 303 g/mol. The molecule has 0 saturated carbocycles. The molecular formula is C13H10F5N3. The van der Waals surface area contributed by atoms with Gasteiger partial charge in [0, 0.05) is 18.0 Å². The first kappa shape index (κ1) is 15.3. The second kappa shape index (κ2) is 6.15. The second-order valence-corrected chi connectivity index (χ2v) is 4.26. The number of nitrogens with two attached hydrogens (primary N) is 1. The minimum absolute atomic E-state index is 0.0721. The summed E-state index contributed by atoms with van der Waals surface area (Å²) in [5.74, 6) is -4.81. The summed E-state index contributed by atoms with van der Waals surface area (Å²) < 4.78 is 66.8. The normalized spacial score (nSPS) is 12.5. The molecule has 8 heteroatoms. The molecule has 2 aromatic rings. The molecule has 0 saturated heterocycles. The highest BCUT2D eigenvalue weighted by Crippen LogP contribution is 2.29. The lowest BCUT2D eigenvalue weighted by atomic mass is 9.98. The van der Waals surface area contributed by atoms with Crippen LogP contribution in [0.4, 0.5) is 22.0 Å². The van der Waals surface area contributed by atoms with Crippen LogP contribution in [0.5, 0.6) is 0 Å². The van der Waals surface area contributed by atoms with Gasteiger partial charge in [-0.05, 0) is 24.1 Å². The number of hydrogen-bond acceptors (Lipinski definition) is 3. The highest BCUT2D eigenvalue weighted by atomic mass is 19.2. The minimum Gasteiger partial charge on any atom is -0.271 e. The predicted octanol–water partition coefficient (Wildman–Crippen LogP) is 2.52. The number of nitrogens with zero attached hydrogens (tertiary/aromatic N) is 1. The Bertz CT molecular complexity index is 619. The van der Waals surface area contributed by atoms with Gasteiger partial charge in [-0.15, -0.1) is 0 Å². The number of nitrogens with one attached hydrogen (secondary N) is 1. The van der Waals surface area contributed by atoms with Gasteiger partial charge in [0.1, 0.15) is 0 Å². The van der Waals surface area contributed by atoms with E-state index in [0.717, 1.165) is 0 Å². The first-order valence-electron chi connectivity index (χ1n) is 5.83. The summed E-state index contributed by atoms with van der Waals surface area (Å²) in [5.41, 5.74) is 1.64. The van der Waals surface area contributed by atoms with E-state index < -0.39 is 40.7 Å². The minimum atomic E-state index is -2.20. The number of halogens is 5. The maximum absolute atomic E-state index is 13.7. The molecule has 1 unspecified atom stereocenters. The van der Waals surface area contributed by atoms with Crippen molar-refractivity contribution in [3.63, 3.8) is 0 Å². The van der Waals surface area contributed by atoms with Crippen molar-refractivity contribution in [2.75, 3.05) is 0 Å². The summed E-state index contributed by atoms with van der Waals surface area (Å²) in [5, 5.41) is 0. The number of hydrazine groups is 1. The van der Waals surface area contributed by atoms with Crippen molar-refractivity contribution in [3.8, 4) is 0 Å². The van der Waals surface area contributed by atoms with Crippen molar-refractivity contribution >= 4 is 0 Å². The third kappa shape index (κ3) is 2.86. The van der Waals surface area contributed by atoms with Gasteiger partial charge in [0.2, 0.25) is 5.82 Å². The Labute approximate surface area is 116 Å². The van der Waals surface area contributed by atoms with Crippen LogP contribution in [0.2, 0.25) is 0 Å². The molecule has 3 nitrogen and oxygen atoms in total. The van der Waals surface area contributed by atoms with E-state index in [0.29, 0.717) is 5.56 Å². The van der Waals surface area contributed by atoms with Crippen molar-refractivity contribution in [2.24, 2.45) is 5.84 Å². The summed E-state index contributed by atoms with van der Waals surface area (Å²) in [6.07, 6.45) is 2.79. The first-order chi connectivity index (χ1) is 9.97. The number of rotatable bonds is 4. The van der Waals surface area contributed by atoms with Crippen LogP contribution >= 0.6 is 0 Å². The quantitative estimate of drug-likeness (QED) is 0.300. The zero-order chi connectivity index (χ0) is 15.6. The monoisotopic (exact) mass is 303 g/mol. The molecule has 0 aliphatic heterocycles. The molecule has 0 fully saturated rings. The molecule has 0 aliphatic rings. The van der Waals surface area contributed by atoms with E-state index in [4.69, 9.17) is 5.84 Å². The molecule has 0 spiro atoms. The summed E-state index contributed by atoms with van der Waals surface area (Å²) >= 11 is 0. The SMILES string of the molecule is NNC(Cc1ccncc1)c1c(F)c(F)c(F)c(F)c1F. The van der Waals surface area contributed by atoms with Crippen molar-refractivity contribution in [1.29, 1.82) is 0 Å². The maximum atomic E-state index is 13.7. The van der Waals surface area contributed by atoms with Crippen LogP contribution in [0.1, 0.15) is 17.2 Å². The van der Waals surface area contributed by atoms with Gasteiger partial charge in [0.15, 0.2) is 23.3 Å². The largest absolute Gasteiger partial charge is 0.271 e. The van der Waals surface area contributed by atoms with Crippen LogP contribution in [0, 0.1) is 29.1 Å². The average Bonchev–Trinajstić information content (AvgIpc) is 2.51. The van der Waals surface area contributed by atoms with Crippen LogP contribution in [-0.2, 0) is 6.42 Å². The highest BCUT2D eigenvalue weighted by Gasteiger charge is 2.30. The summed E-state index contributed by atoms with van der Waals surface area (Å²) in [6.45, 7) is 0. The molecule has 21 heavy (non-hydrogen) atoms. The molecule has 112 valence electrons. The molecule has 0 amide bonds. The van der Waals surface area contributed by atoms with Gasteiger partial charge < -0.3 is 0 Å². The van der Waals surface area contributed by atoms with E-state index in [1.54, 1.807) is 0 Å². The standard InChI is InChI=1S/C13H10F5N3/c14-9-8(10(15)12(17)13(18)11(9)16)7(21-19)5-6-1-3-20-4-2-6/h1-4,7,21H,5,19H2. The summed E-state index contributed by atoms with van der Waals surface area (Å²) in [7, 11) is 0. The molecule has 0 aliphatic carbocycles. The van der Waals surface area contributed by atoms with E-state index in [1.807, 2.05) is 0 Å². The van der Waals surface area contributed by atoms with E-state index in [-0.39, 0.29) is 6.42 Å². The lowest BCUT2D eigenvalue weighted by Gasteiger charge is -2.18. The molecule has 1 aromatic heterocycles. The molecule has 1 heterocycles. The fourth-order valence-corrected chi connectivity index (χ4v) is 1.93. The molecular weight excluding hydrogens is 293 g/mol. The second-order valence-electron chi connectivity index (χ2n) is 4.26. The third-order valence-electron chi connectivity index (χ3n) is 2.98. The lowest BCUT2D eigenvalue weighted by Crippen LogP contribution is -2.32. The molecule has 2 rings (SSSR count). The van der Waals surface area contributed by atoms with Crippen molar-refractivity contribution in [1.82, 2.24) is 10.4 Å². The number of pyridine rings is 1. The number of aromatic nitrogens is 1. The van der Waals surface area contributed by atoms with Crippen molar-refractivity contribution in [2.45, 2.75) is 12.5 Å². The van der Waals surface area contributed by atoms with Gasteiger partial charge in [-0.1, -0.05) is 0 Å². The van der Waals surface area contributed by atoms with Gasteiger partial charge in [-0.2, -0.15) is 0 Å². The first-order valence-corrected chi connectivity index (χ1v) is 5.83. The third-order valence-corrected chi connectivity index (χ3v) is 2.98. The van der Waals surface area contributed by atoms with Gasteiger partial charge in [-0.3, -0.25) is 16.3 Å². The van der Waals surface area contributed by atoms with Crippen LogP contribution in [0.25, 0.3) is 0 Å². The van der Waals surface area contributed by atoms with Crippen LogP contribution < -0.4 is 11.3 Å². The summed E-state index contributed by atoms with van der Waals surface area (Å²) in [6, 6.07) is 1.80. The molecule has 1 atom stereocenters. The van der Waals surface area contributed by atoms with E-state index >= 15 is 0 Å². The van der Waals surface area contributed by atoms with Crippen molar-refractivity contribution < 1.29 is 22.0 Å². The van der Waals surface area contributed by atoms with E-state index in [1.165, 1.54) is 24.5 Å². The number of hydrogen-bond donors (Lipinski definition) is 2. The predicted molar refractivity (Wildman–Crippen MR) is 64.2 cm³/mol. The van der Waals surface area contributed by atoms with Gasteiger partial charge in [0.05, 0.1) is 6.04 Å². The van der Waals surface area contributed by atoms with Gasteiger partial charge in [0.25, 0.3) is 0 Å². The highest BCUT2D eigenvalue weighted by molar-refractivity contribution is 5.28. The smallest absolute Gasteiger partial charge is 0.200 e. The lowest BCUT2D eigenvalue weighted by molar-refractivity contribution is 0.356. The fraction of sp³-hybridized carbons (Fsp3) is 0.154. The van der Waals surface area contributed by atoms with Gasteiger partial charge >= 0.3 is 0 Å².